The Labute approximate surface area is 170 Å². The number of nitrogens with zero attached hydrogens (tertiary/aromatic N) is 3. The maximum atomic E-state index is 13.1. The maximum absolute atomic E-state index is 13.1. The molecule has 0 saturated carbocycles. The van der Waals surface area contributed by atoms with Gasteiger partial charge in [-0.25, -0.2) is 8.42 Å². The van der Waals surface area contributed by atoms with E-state index in [4.69, 9.17) is 16.6 Å². The van der Waals surface area contributed by atoms with Crippen LogP contribution in [-0.2, 0) is 16.7 Å². The minimum atomic E-state index is -3.50. The molecule has 8 heteroatoms. The van der Waals surface area contributed by atoms with Crippen molar-refractivity contribution >= 4 is 33.0 Å². The molecule has 0 aliphatic carbocycles. The summed E-state index contributed by atoms with van der Waals surface area (Å²) in [6.45, 7) is 6.71. The van der Waals surface area contributed by atoms with Gasteiger partial charge in [0.1, 0.15) is 5.76 Å². The van der Waals surface area contributed by atoms with Crippen molar-refractivity contribution in [2.45, 2.75) is 25.4 Å². The third kappa shape index (κ3) is 3.53. The molecule has 0 atom stereocenters. The molecule has 148 valence electrons. The maximum Gasteiger partial charge on any atom is 0.270 e. The third-order valence-electron chi connectivity index (χ3n) is 5.41. The fourth-order valence-electron chi connectivity index (χ4n) is 3.54. The van der Waals surface area contributed by atoms with Crippen LogP contribution in [0.1, 0.15) is 11.5 Å². The molecule has 0 bridgehead atoms. The third-order valence-corrected chi connectivity index (χ3v) is 7.60. The molecular formula is C20H23N3O3S2. The summed E-state index contributed by atoms with van der Waals surface area (Å²) in [5, 5.41) is 1.97. The minimum absolute atomic E-state index is 0.350. The number of hydrogen-bond donors (Lipinski definition) is 0. The molecule has 1 fully saturated rings. The lowest BCUT2D eigenvalue weighted by molar-refractivity contribution is 0.149. The highest BCUT2D eigenvalue weighted by Crippen LogP contribution is 2.23. The van der Waals surface area contributed by atoms with E-state index in [-0.39, 0.29) is 0 Å². The van der Waals surface area contributed by atoms with Crippen LogP contribution in [0.25, 0.3) is 10.8 Å². The second kappa shape index (κ2) is 7.44. The Balaban J connectivity index is 1.48. The second-order valence-electron chi connectivity index (χ2n) is 7.11. The lowest BCUT2D eigenvalue weighted by Gasteiger charge is -2.34. The molecular weight excluding hydrogens is 394 g/mol. The molecule has 1 saturated heterocycles. The molecule has 28 heavy (non-hydrogen) atoms. The van der Waals surface area contributed by atoms with E-state index in [1.165, 1.54) is 0 Å². The predicted molar refractivity (Wildman–Crippen MR) is 111 cm³/mol. The molecule has 1 aromatic heterocycles. The van der Waals surface area contributed by atoms with E-state index in [0.29, 0.717) is 42.6 Å². The Kier molecular flexibility index (Phi) is 5.13. The standard InChI is InChI=1S/C20H23N3O3S2/c1-15-16(2)26-20(27)23(15)14-21-9-11-22(12-10-21)28(24,25)19-8-7-17-5-3-4-6-18(17)13-19/h3-8,13H,9-12,14H2,1-2H3. The van der Waals surface area contributed by atoms with Gasteiger partial charge in [0, 0.05) is 26.2 Å². The van der Waals surface area contributed by atoms with Gasteiger partial charge in [-0.05, 0) is 49.0 Å². The van der Waals surface area contributed by atoms with Crippen LogP contribution in [0.2, 0.25) is 0 Å². The highest BCUT2D eigenvalue weighted by atomic mass is 32.2. The van der Waals surface area contributed by atoms with Gasteiger partial charge < -0.3 is 4.42 Å². The quantitative estimate of drug-likeness (QED) is 0.608. The van der Waals surface area contributed by atoms with Gasteiger partial charge in [-0.1, -0.05) is 30.3 Å². The van der Waals surface area contributed by atoms with Crippen molar-refractivity contribution in [1.82, 2.24) is 13.8 Å². The number of oxazole rings is 1. The van der Waals surface area contributed by atoms with E-state index in [9.17, 15) is 8.42 Å². The molecule has 2 aromatic carbocycles. The van der Waals surface area contributed by atoms with E-state index in [2.05, 4.69) is 4.90 Å². The zero-order valence-corrected chi connectivity index (χ0v) is 17.6. The summed E-state index contributed by atoms with van der Waals surface area (Å²) >= 11 is 5.28. The Morgan fingerprint density at radius 2 is 1.68 bits per heavy atom. The van der Waals surface area contributed by atoms with Crippen molar-refractivity contribution in [2.75, 3.05) is 26.2 Å². The smallest absolute Gasteiger partial charge is 0.270 e. The Hall–Kier alpha value is -2.00. The van der Waals surface area contributed by atoms with Crippen LogP contribution in [0, 0.1) is 18.7 Å². The van der Waals surface area contributed by atoms with E-state index in [1.807, 2.05) is 48.7 Å². The Bertz CT molecular complexity index is 1170. The minimum Gasteiger partial charge on any atom is -0.435 e. The molecule has 3 aromatic rings. The van der Waals surface area contributed by atoms with Gasteiger partial charge in [0.25, 0.3) is 4.84 Å². The molecule has 0 unspecified atom stereocenters. The average molecular weight is 418 g/mol. The van der Waals surface area contributed by atoms with Crippen molar-refractivity contribution < 1.29 is 12.8 Å². The number of piperazine rings is 1. The van der Waals surface area contributed by atoms with Crippen LogP contribution >= 0.6 is 12.2 Å². The van der Waals surface area contributed by atoms with Crippen LogP contribution in [0.4, 0.5) is 0 Å². The first-order valence-electron chi connectivity index (χ1n) is 9.24. The molecule has 0 radical (unpaired) electrons. The first-order valence-corrected chi connectivity index (χ1v) is 11.1. The molecule has 0 N–H and O–H groups in total. The highest BCUT2D eigenvalue weighted by Gasteiger charge is 2.29. The van der Waals surface area contributed by atoms with Crippen molar-refractivity contribution in [3.8, 4) is 0 Å². The molecule has 6 nitrogen and oxygen atoms in total. The fourth-order valence-corrected chi connectivity index (χ4v) is 5.32. The van der Waals surface area contributed by atoms with Gasteiger partial charge in [0.15, 0.2) is 0 Å². The monoisotopic (exact) mass is 417 g/mol. The summed E-state index contributed by atoms with van der Waals surface area (Å²) in [6.07, 6.45) is 0. The van der Waals surface area contributed by atoms with Crippen LogP contribution in [0.5, 0.6) is 0 Å². The molecule has 1 aliphatic heterocycles. The SMILES string of the molecule is Cc1oc(=S)n(CN2CCN(S(=O)(=O)c3ccc4ccccc4c3)CC2)c1C. The molecule has 0 amide bonds. The number of rotatable bonds is 4. The predicted octanol–water partition coefficient (Wildman–Crippen LogP) is 3.54. The van der Waals surface area contributed by atoms with E-state index in [0.717, 1.165) is 22.2 Å². The summed E-state index contributed by atoms with van der Waals surface area (Å²) in [5.41, 5.74) is 1.01. The normalized spacial score (nSPS) is 16.6. The van der Waals surface area contributed by atoms with Crippen LogP contribution in [0.3, 0.4) is 0 Å². The van der Waals surface area contributed by atoms with Crippen molar-refractivity contribution in [3.63, 3.8) is 0 Å². The van der Waals surface area contributed by atoms with Crippen LogP contribution in [0.15, 0.2) is 51.8 Å². The van der Waals surface area contributed by atoms with Gasteiger partial charge >= 0.3 is 0 Å². The van der Waals surface area contributed by atoms with Crippen LogP contribution in [-0.4, -0.2) is 48.4 Å². The molecule has 1 aliphatic rings. The number of benzene rings is 2. The summed E-state index contributed by atoms with van der Waals surface area (Å²) in [7, 11) is -3.50. The van der Waals surface area contributed by atoms with Crippen molar-refractivity contribution in [2.24, 2.45) is 0 Å². The van der Waals surface area contributed by atoms with E-state index in [1.54, 1.807) is 16.4 Å². The van der Waals surface area contributed by atoms with Crippen molar-refractivity contribution in [1.29, 1.82) is 0 Å². The molecule has 4 rings (SSSR count). The largest absolute Gasteiger partial charge is 0.435 e. The molecule has 2 heterocycles. The summed E-state index contributed by atoms with van der Waals surface area (Å²) in [5.74, 6) is 0.822. The van der Waals surface area contributed by atoms with Crippen molar-refractivity contribution in [3.05, 3.63) is 58.8 Å². The number of sulfonamides is 1. The van der Waals surface area contributed by atoms with E-state index < -0.39 is 10.0 Å². The molecule has 0 spiro atoms. The number of aryl methyl sites for hydroxylation is 1. The zero-order chi connectivity index (χ0) is 19.9. The topological polar surface area (TPSA) is 58.7 Å². The van der Waals surface area contributed by atoms with Gasteiger partial charge in [-0.2, -0.15) is 4.31 Å². The summed E-state index contributed by atoms with van der Waals surface area (Å²) in [4.78, 5) is 3.01. The zero-order valence-electron chi connectivity index (χ0n) is 16.0. The Morgan fingerprint density at radius 3 is 2.32 bits per heavy atom. The second-order valence-corrected chi connectivity index (χ2v) is 9.40. The number of hydrogen-bond acceptors (Lipinski definition) is 5. The Morgan fingerprint density at radius 1 is 1.00 bits per heavy atom. The summed E-state index contributed by atoms with van der Waals surface area (Å²) in [6, 6.07) is 13.1. The van der Waals surface area contributed by atoms with Gasteiger partial charge in [-0.15, -0.1) is 0 Å². The van der Waals surface area contributed by atoms with Gasteiger partial charge in [0.2, 0.25) is 10.0 Å². The number of aromatic nitrogens is 1. The summed E-state index contributed by atoms with van der Waals surface area (Å²) < 4.78 is 35.2. The first-order chi connectivity index (χ1) is 13.4. The van der Waals surface area contributed by atoms with Gasteiger partial charge in [0.05, 0.1) is 17.3 Å². The number of fused-ring (bicyclic) bond motifs is 1. The first kappa shape index (κ1) is 19.3. The lowest BCUT2D eigenvalue weighted by Crippen LogP contribution is -2.48. The lowest BCUT2D eigenvalue weighted by atomic mass is 10.1. The van der Waals surface area contributed by atoms with Crippen LogP contribution < -0.4 is 0 Å². The highest BCUT2D eigenvalue weighted by molar-refractivity contribution is 7.89. The van der Waals surface area contributed by atoms with Gasteiger partial charge in [-0.3, -0.25) is 9.47 Å². The average Bonchev–Trinajstić information content (AvgIpc) is 2.94. The van der Waals surface area contributed by atoms with E-state index >= 15 is 0 Å². The fraction of sp³-hybridized carbons (Fsp3) is 0.350.